The van der Waals surface area contributed by atoms with Crippen LogP contribution in [-0.2, 0) is 0 Å². The van der Waals surface area contributed by atoms with Gasteiger partial charge in [0.25, 0.3) is 0 Å². The van der Waals surface area contributed by atoms with Gasteiger partial charge in [-0.2, -0.15) is 4.98 Å². The number of hydrogen-bond donors (Lipinski definition) is 1. The zero-order valence-electron chi connectivity index (χ0n) is 16.4. The summed E-state index contributed by atoms with van der Waals surface area (Å²) in [7, 11) is 3.83. The van der Waals surface area contributed by atoms with E-state index in [1.54, 1.807) is 7.11 Å². The van der Waals surface area contributed by atoms with Crippen molar-refractivity contribution >= 4 is 17.0 Å². The minimum absolute atomic E-state index is 0.378. The SMILES string of the molecule is COc1cc(C)cc(C)c1-n1cc2cnc(N[C@@H]3CCCN(C)C3)nc2n1. The lowest BCUT2D eigenvalue weighted by atomic mass is 10.1. The standard InChI is InChI=1S/C20H26N6O/c1-13-8-14(2)18(17(9-13)27-4)26-11-15-10-21-20(23-19(15)24-26)22-16-6-5-7-25(3)12-16/h8-11,16H,5-7,12H2,1-4H3,(H,22,23,24)/t16-/m1/s1. The topological polar surface area (TPSA) is 68.1 Å². The molecule has 1 aliphatic heterocycles. The molecule has 0 bridgehead atoms. The molecule has 1 aromatic carbocycles. The molecule has 0 amide bonds. The summed E-state index contributed by atoms with van der Waals surface area (Å²) in [5, 5.41) is 9.05. The summed E-state index contributed by atoms with van der Waals surface area (Å²) in [5.74, 6) is 1.44. The average molecular weight is 366 g/mol. The van der Waals surface area contributed by atoms with E-state index in [0.29, 0.717) is 17.6 Å². The van der Waals surface area contributed by atoms with Crippen LogP contribution in [0.5, 0.6) is 5.75 Å². The Balaban J connectivity index is 1.66. The van der Waals surface area contributed by atoms with E-state index in [4.69, 9.17) is 4.74 Å². The maximum absolute atomic E-state index is 5.58. The fraction of sp³-hybridized carbons (Fsp3) is 0.450. The molecule has 0 unspecified atom stereocenters. The Morgan fingerprint density at radius 2 is 2.11 bits per heavy atom. The number of nitrogens with one attached hydrogen (secondary N) is 1. The highest BCUT2D eigenvalue weighted by molar-refractivity contribution is 5.75. The van der Waals surface area contributed by atoms with E-state index < -0.39 is 0 Å². The third-order valence-corrected chi connectivity index (χ3v) is 5.08. The van der Waals surface area contributed by atoms with Crippen LogP contribution in [0.4, 0.5) is 5.95 Å². The molecule has 1 N–H and O–H groups in total. The number of methoxy groups -OCH3 is 1. The van der Waals surface area contributed by atoms with E-state index in [9.17, 15) is 0 Å². The lowest BCUT2D eigenvalue weighted by Crippen LogP contribution is -2.40. The van der Waals surface area contributed by atoms with Crippen LogP contribution >= 0.6 is 0 Å². The average Bonchev–Trinajstić information content (AvgIpc) is 3.03. The summed E-state index contributed by atoms with van der Waals surface area (Å²) in [6.07, 6.45) is 6.11. The zero-order chi connectivity index (χ0) is 19.0. The lowest BCUT2D eigenvalue weighted by Gasteiger charge is -2.30. The van der Waals surface area contributed by atoms with Gasteiger partial charge in [0, 0.05) is 25.0 Å². The number of nitrogens with zero attached hydrogens (tertiary/aromatic N) is 5. The summed E-state index contributed by atoms with van der Waals surface area (Å²) < 4.78 is 7.42. The molecule has 142 valence electrons. The lowest BCUT2D eigenvalue weighted by molar-refractivity contribution is 0.260. The monoisotopic (exact) mass is 366 g/mol. The highest BCUT2D eigenvalue weighted by atomic mass is 16.5. The second kappa shape index (κ2) is 7.15. The van der Waals surface area contributed by atoms with Crippen molar-refractivity contribution in [3.05, 3.63) is 35.7 Å². The predicted octanol–water partition coefficient (Wildman–Crippen LogP) is 2.95. The number of ether oxygens (including phenoxy) is 1. The molecule has 27 heavy (non-hydrogen) atoms. The maximum atomic E-state index is 5.58. The van der Waals surface area contributed by atoms with Crippen LogP contribution < -0.4 is 10.1 Å². The fourth-order valence-corrected chi connectivity index (χ4v) is 3.84. The second-order valence-corrected chi connectivity index (χ2v) is 7.42. The van der Waals surface area contributed by atoms with Crippen molar-refractivity contribution in [2.24, 2.45) is 0 Å². The summed E-state index contributed by atoms with van der Waals surface area (Å²) in [6.45, 7) is 6.29. The summed E-state index contributed by atoms with van der Waals surface area (Å²) in [6, 6.07) is 4.53. The number of aryl methyl sites for hydroxylation is 2. The Hall–Kier alpha value is -2.67. The normalized spacial score (nSPS) is 18.0. The Morgan fingerprint density at radius 3 is 2.89 bits per heavy atom. The molecular weight excluding hydrogens is 340 g/mol. The van der Waals surface area contributed by atoms with Crippen molar-refractivity contribution in [2.75, 3.05) is 32.6 Å². The maximum Gasteiger partial charge on any atom is 0.225 e. The van der Waals surface area contributed by atoms with Crippen molar-refractivity contribution in [3.8, 4) is 11.4 Å². The number of anilines is 1. The largest absolute Gasteiger partial charge is 0.494 e. The van der Waals surface area contributed by atoms with Crippen LogP contribution in [0.25, 0.3) is 16.7 Å². The van der Waals surface area contributed by atoms with Gasteiger partial charge in [-0.3, -0.25) is 0 Å². The van der Waals surface area contributed by atoms with E-state index in [1.165, 1.54) is 6.42 Å². The van der Waals surface area contributed by atoms with Crippen molar-refractivity contribution in [1.82, 2.24) is 24.6 Å². The Labute approximate surface area is 159 Å². The van der Waals surface area contributed by atoms with Gasteiger partial charge in [0.1, 0.15) is 11.4 Å². The number of benzene rings is 1. The number of hydrogen-bond acceptors (Lipinski definition) is 6. The molecule has 1 fully saturated rings. The van der Waals surface area contributed by atoms with Crippen LogP contribution in [0.3, 0.4) is 0 Å². The first kappa shape index (κ1) is 17.7. The van der Waals surface area contributed by atoms with Crippen LogP contribution in [0.2, 0.25) is 0 Å². The van der Waals surface area contributed by atoms with Gasteiger partial charge >= 0.3 is 0 Å². The first-order valence-corrected chi connectivity index (χ1v) is 9.36. The molecule has 4 rings (SSSR count). The van der Waals surface area contributed by atoms with Gasteiger partial charge in [-0.15, -0.1) is 5.10 Å². The van der Waals surface area contributed by atoms with Crippen LogP contribution in [0.15, 0.2) is 24.5 Å². The summed E-state index contributed by atoms with van der Waals surface area (Å²) in [4.78, 5) is 11.5. The minimum atomic E-state index is 0.378. The number of likely N-dealkylation sites (N-methyl/N-ethyl adjacent to an activating group) is 1. The molecule has 7 nitrogen and oxygen atoms in total. The molecule has 0 aliphatic carbocycles. The van der Waals surface area contributed by atoms with E-state index in [2.05, 4.69) is 52.2 Å². The first-order chi connectivity index (χ1) is 13.0. The molecule has 1 aliphatic rings. The van der Waals surface area contributed by atoms with Gasteiger partial charge in [-0.05, 0) is 57.5 Å². The van der Waals surface area contributed by atoms with Crippen LogP contribution in [-0.4, -0.2) is 57.9 Å². The highest BCUT2D eigenvalue weighted by Gasteiger charge is 2.18. The van der Waals surface area contributed by atoms with Gasteiger partial charge in [-0.25, -0.2) is 9.67 Å². The fourth-order valence-electron chi connectivity index (χ4n) is 3.84. The minimum Gasteiger partial charge on any atom is -0.494 e. The van der Waals surface area contributed by atoms with E-state index in [-0.39, 0.29) is 0 Å². The van der Waals surface area contributed by atoms with Crippen molar-refractivity contribution < 1.29 is 4.74 Å². The molecule has 0 saturated carbocycles. The third-order valence-electron chi connectivity index (χ3n) is 5.08. The van der Waals surface area contributed by atoms with Gasteiger partial charge in [0.05, 0.1) is 12.5 Å². The second-order valence-electron chi connectivity index (χ2n) is 7.42. The molecule has 7 heteroatoms. The van der Waals surface area contributed by atoms with Gasteiger partial charge < -0.3 is 15.0 Å². The number of piperidine rings is 1. The highest BCUT2D eigenvalue weighted by Crippen LogP contribution is 2.29. The number of fused-ring (bicyclic) bond motifs is 1. The Bertz CT molecular complexity index is 967. The van der Waals surface area contributed by atoms with Crippen LogP contribution in [0, 0.1) is 13.8 Å². The molecule has 3 heterocycles. The van der Waals surface area contributed by atoms with Crippen molar-refractivity contribution in [3.63, 3.8) is 0 Å². The van der Waals surface area contributed by atoms with E-state index in [1.807, 2.05) is 23.1 Å². The number of aromatic nitrogens is 4. The molecule has 1 atom stereocenters. The van der Waals surface area contributed by atoms with Gasteiger partial charge in [0.2, 0.25) is 5.95 Å². The van der Waals surface area contributed by atoms with Gasteiger partial charge in [-0.1, -0.05) is 6.07 Å². The first-order valence-electron chi connectivity index (χ1n) is 9.36. The zero-order valence-corrected chi connectivity index (χ0v) is 16.4. The molecule has 3 aromatic rings. The molecule has 0 radical (unpaired) electrons. The molecule has 2 aromatic heterocycles. The smallest absolute Gasteiger partial charge is 0.225 e. The summed E-state index contributed by atoms with van der Waals surface area (Å²) in [5.41, 5.74) is 3.88. The predicted molar refractivity (Wildman–Crippen MR) is 107 cm³/mol. The molecular formula is C20H26N6O. The van der Waals surface area contributed by atoms with E-state index in [0.717, 1.165) is 47.5 Å². The summed E-state index contributed by atoms with van der Waals surface area (Å²) >= 11 is 0. The van der Waals surface area contributed by atoms with Gasteiger partial charge in [0.15, 0.2) is 5.65 Å². The van der Waals surface area contributed by atoms with Crippen molar-refractivity contribution in [1.29, 1.82) is 0 Å². The number of rotatable bonds is 4. The third kappa shape index (κ3) is 3.60. The molecule has 0 spiro atoms. The Morgan fingerprint density at radius 1 is 1.26 bits per heavy atom. The number of likely N-dealkylation sites (tertiary alicyclic amines) is 1. The van der Waals surface area contributed by atoms with Crippen LogP contribution in [0.1, 0.15) is 24.0 Å². The molecule has 1 saturated heterocycles. The quantitative estimate of drug-likeness (QED) is 0.766. The van der Waals surface area contributed by atoms with E-state index >= 15 is 0 Å². The van der Waals surface area contributed by atoms with Crippen molar-refractivity contribution in [2.45, 2.75) is 32.7 Å². The Kier molecular flexibility index (Phi) is 4.70.